The third-order valence-corrected chi connectivity index (χ3v) is 6.00. The van der Waals surface area contributed by atoms with Crippen LogP contribution in [-0.2, 0) is 15.6 Å². The number of anilines is 1. The SMILES string of the molecule is CNc1c(S(=O)(=O)C(C)C)csc1CS. The fourth-order valence-corrected chi connectivity index (χ4v) is 4.14. The van der Waals surface area contributed by atoms with Crippen molar-refractivity contribution >= 4 is 39.5 Å². The molecule has 1 aromatic heterocycles. The lowest BCUT2D eigenvalue weighted by atomic mass is 10.4. The molecule has 3 nitrogen and oxygen atoms in total. The molecule has 15 heavy (non-hydrogen) atoms. The number of nitrogens with one attached hydrogen (secondary N) is 1. The molecule has 1 rings (SSSR count). The molecule has 0 bridgehead atoms. The molecule has 0 amide bonds. The number of hydrogen-bond acceptors (Lipinski definition) is 5. The Morgan fingerprint density at radius 1 is 1.53 bits per heavy atom. The Morgan fingerprint density at radius 3 is 2.53 bits per heavy atom. The molecule has 0 unspecified atom stereocenters. The molecular weight excluding hydrogens is 250 g/mol. The van der Waals surface area contributed by atoms with Crippen molar-refractivity contribution in [3.63, 3.8) is 0 Å². The number of thiol groups is 1. The Labute approximate surface area is 100 Å². The summed E-state index contributed by atoms with van der Waals surface area (Å²) >= 11 is 5.60. The van der Waals surface area contributed by atoms with Crippen LogP contribution in [0.5, 0.6) is 0 Å². The van der Waals surface area contributed by atoms with E-state index in [4.69, 9.17) is 0 Å². The fraction of sp³-hybridized carbons (Fsp3) is 0.556. The Bertz CT molecular complexity index is 434. The molecule has 0 aliphatic carbocycles. The van der Waals surface area contributed by atoms with Crippen molar-refractivity contribution in [2.24, 2.45) is 0 Å². The first kappa shape index (κ1) is 12.9. The third-order valence-electron chi connectivity index (χ3n) is 2.15. The van der Waals surface area contributed by atoms with Crippen molar-refractivity contribution in [1.82, 2.24) is 0 Å². The van der Waals surface area contributed by atoms with Gasteiger partial charge in [-0.05, 0) is 13.8 Å². The molecule has 86 valence electrons. The maximum Gasteiger partial charge on any atom is 0.183 e. The first-order valence-corrected chi connectivity index (χ1v) is 7.63. The second-order valence-corrected chi connectivity index (χ2v) is 7.15. The summed E-state index contributed by atoms with van der Waals surface area (Å²) in [4.78, 5) is 1.36. The maximum absolute atomic E-state index is 12.0. The molecule has 1 aromatic rings. The van der Waals surface area contributed by atoms with Gasteiger partial charge in [-0.1, -0.05) is 0 Å². The van der Waals surface area contributed by atoms with Crippen LogP contribution in [0.1, 0.15) is 18.7 Å². The molecule has 1 heterocycles. The first-order valence-electron chi connectivity index (χ1n) is 4.58. The van der Waals surface area contributed by atoms with Crippen LogP contribution in [0, 0.1) is 0 Å². The van der Waals surface area contributed by atoms with Gasteiger partial charge in [-0.25, -0.2) is 8.42 Å². The average molecular weight is 265 g/mol. The second kappa shape index (κ2) is 4.76. The minimum absolute atomic E-state index is 0.396. The van der Waals surface area contributed by atoms with Crippen LogP contribution < -0.4 is 5.32 Å². The molecule has 0 aliphatic heterocycles. The van der Waals surface area contributed by atoms with Gasteiger partial charge in [0, 0.05) is 23.1 Å². The zero-order chi connectivity index (χ0) is 11.6. The van der Waals surface area contributed by atoms with Crippen molar-refractivity contribution in [3.8, 4) is 0 Å². The van der Waals surface area contributed by atoms with Gasteiger partial charge in [0.15, 0.2) is 9.84 Å². The lowest BCUT2D eigenvalue weighted by Gasteiger charge is -2.09. The minimum Gasteiger partial charge on any atom is -0.386 e. The van der Waals surface area contributed by atoms with Gasteiger partial charge in [0.05, 0.1) is 10.9 Å². The summed E-state index contributed by atoms with van der Waals surface area (Å²) in [6.07, 6.45) is 0. The van der Waals surface area contributed by atoms with Crippen LogP contribution in [0.3, 0.4) is 0 Å². The standard InChI is InChI=1S/C9H15NO2S3/c1-6(2)15(11,12)8-5-14-7(4-13)9(8)10-3/h5-6,10,13H,4H2,1-3H3. The molecular formula is C9H15NO2S3. The average Bonchev–Trinajstić information content (AvgIpc) is 2.60. The molecule has 6 heteroatoms. The highest BCUT2D eigenvalue weighted by Gasteiger charge is 2.25. The normalized spacial score (nSPS) is 12.1. The van der Waals surface area contributed by atoms with E-state index in [0.29, 0.717) is 16.3 Å². The monoisotopic (exact) mass is 265 g/mol. The van der Waals surface area contributed by atoms with Gasteiger partial charge in [0.25, 0.3) is 0 Å². The number of thiophene rings is 1. The molecule has 0 saturated carbocycles. The maximum atomic E-state index is 12.0. The smallest absolute Gasteiger partial charge is 0.183 e. The van der Waals surface area contributed by atoms with E-state index < -0.39 is 15.1 Å². The fourth-order valence-electron chi connectivity index (χ4n) is 1.22. The second-order valence-electron chi connectivity index (χ2n) is 3.40. The molecule has 0 aliphatic rings. The van der Waals surface area contributed by atoms with E-state index >= 15 is 0 Å². The Hall–Kier alpha value is -0.200. The van der Waals surface area contributed by atoms with Crippen LogP contribution in [0.25, 0.3) is 0 Å². The minimum atomic E-state index is -3.19. The highest BCUT2D eigenvalue weighted by molar-refractivity contribution is 7.92. The van der Waals surface area contributed by atoms with Gasteiger partial charge in [-0.3, -0.25) is 0 Å². The van der Waals surface area contributed by atoms with E-state index in [1.54, 1.807) is 26.3 Å². The number of sulfone groups is 1. The molecule has 1 N–H and O–H groups in total. The van der Waals surface area contributed by atoms with E-state index in [2.05, 4.69) is 17.9 Å². The molecule has 0 atom stereocenters. The molecule has 0 saturated heterocycles. The van der Waals surface area contributed by atoms with Crippen molar-refractivity contribution in [2.75, 3.05) is 12.4 Å². The van der Waals surface area contributed by atoms with Gasteiger partial charge in [-0.2, -0.15) is 12.6 Å². The summed E-state index contributed by atoms with van der Waals surface area (Å²) < 4.78 is 24.0. The van der Waals surface area contributed by atoms with Crippen LogP contribution in [0.4, 0.5) is 5.69 Å². The Kier molecular flexibility index (Phi) is 4.08. The van der Waals surface area contributed by atoms with Crippen LogP contribution in [0.15, 0.2) is 10.3 Å². The van der Waals surface area contributed by atoms with Gasteiger partial charge >= 0.3 is 0 Å². The summed E-state index contributed by atoms with van der Waals surface area (Å²) in [6.45, 7) is 3.37. The van der Waals surface area contributed by atoms with E-state index in [-0.39, 0.29) is 0 Å². The van der Waals surface area contributed by atoms with Gasteiger partial charge in [-0.15, -0.1) is 11.3 Å². The Balaban J connectivity index is 3.33. The van der Waals surface area contributed by atoms with E-state index in [1.807, 2.05) is 0 Å². The summed E-state index contributed by atoms with van der Waals surface area (Å²) in [5, 5.41) is 4.23. The lowest BCUT2D eigenvalue weighted by molar-refractivity contribution is 0.588. The lowest BCUT2D eigenvalue weighted by Crippen LogP contribution is -2.14. The van der Waals surface area contributed by atoms with Crippen molar-refractivity contribution in [1.29, 1.82) is 0 Å². The van der Waals surface area contributed by atoms with Crippen LogP contribution in [-0.4, -0.2) is 20.7 Å². The van der Waals surface area contributed by atoms with Crippen LogP contribution in [0.2, 0.25) is 0 Å². The van der Waals surface area contributed by atoms with E-state index in [0.717, 1.165) is 4.88 Å². The zero-order valence-electron chi connectivity index (χ0n) is 8.94. The molecule has 0 fully saturated rings. The first-order chi connectivity index (χ1) is 6.95. The van der Waals surface area contributed by atoms with E-state index in [1.165, 1.54) is 11.3 Å². The van der Waals surface area contributed by atoms with Crippen molar-refractivity contribution in [2.45, 2.75) is 29.7 Å². The highest BCUT2D eigenvalue weighted by Crippen LogP contribution is 2.34. The van der Waals surface area contributed by atoms with Crippen LogP contribution >= 0.6 is 24.0 Å². The van der Waals surface area contributed by atoms with Gasteiger partial charge in [0.1, 0.15) is 4.90 Å². The predicted molar refractivity (Wildman–Crippen MR) is 68.9 cm³/mol. The highest BCUT2D eigenvalue weighted by atomic mass is 32.2. The van der Waals surface area contributed by atoms with Crippen molar-refractivity contribution in [3.05, 3.63) is 10.3 Å². The van der Waals surface area contributed by atoms with E-state index in [9.17, 15) is 8.42 Å². The molecule has 0 radical (unpaired) electrons. The summed E-state index contributed by atoms with van der Waals surface area (Å²) in [7, 11) is -1.46. The van der Waals surface area contributed by atoms with Gasteiger partial charge in [0.2, 0.25) is 0 Å². The number of hydrogen-bond donors (Lipinski definition) is 2. The topological polar surface area (TPSA) is 46.2 Å². The Morgan fingerprint density at radius 2 is 2.13 bits per heavy atom. The van der Waals surface area contributed by atoms with Crippen molar-refractivity contribution < 1.29 is 8.42 Å². The summed E-state index contributed by atoms with van der Waals surface area (Å²) in [5.41, 5.74) is 0.698. The summed E-state index contributed by atoms with van der Waals surface area (Å²) in [5.74, 6) is 0.550. The largest absolute Gasteiger partial charge is 0.386 e. The summed E-state index contributed by atoms with van der Waals surface area (Å²) in [6, 6.07) is 0. The van der Waals surface area contributed by atoms with Gasteiger partial charge < -0.3 is 5.32 Å². The quantitative estimate of drug-likeness (QED) is 0.822. The molecule has 0 aromatic carbocycles. The third kappa shape index (κ3) is 2.32. The predicted octanol–water partition coefficient (Wildman–Crippen LogP) is 2.40. The molecule has 0 spiro atoms. The number of rotatable bonds is 4. The zero-order valence-corrected chi connectivity index (χ0v) is 11.5.